The molecule has 0 radical (unpaired) electrons. The standard InChI is InChI=1S/C13H11N3O5/c1-8-2-4-10(21-8)7-14-15-13(18)11-6-9(16(19)20)3-5-12(11)17/h2-7,17H,1H3,(H,15,18). The van der Waals surface area contributed by atoms with Crippen molar-refractivity contribution in [2.24, 2.45) is 5.10 Å². The van der Waals surface area contributed by atoms with E-state index in [1.165, 1.54) is 6.21 Å². The van der Waals surface area contributed by atoms with Gasteiger partial charge in [-0.3, -0.25) is 14.9 Å². The minimum Gasteiger partial charge on any atom is -0.507 e. The molecule has 21 heavy (non-hydrogen) atoms. The predicted molar refractivity (Wildman–Crippen MR) is 73.3 cm³/mol. The highest BCUT2D eigenvalue weighted by Gasteiger charge is 2.15. The van der Waals surface area contributed by atoms with Gasteiger partial charge in [0.05, 0.1) is 16.7 Å². The number of benzene rings is 1. The molecule has 0 fully saturated rings. The number of furan rings is 1. The van der Waals surface area contributed by atoms with E-state index in [1.807, 2.05) is 0 Å². The number of hydrogen-bond donors (Lipinski definition) is 2. The zero-order chi connectivity index (χ0) is 15.4. The fraction of sp³-hybridized carbons (Fsp3) is 0.0769. The van der Waals surface area contributed by atoms with E-state index in [0.717, 1.165) is 18.2 Å². The number of nitro groups is 1. The number of phenols is 1. The van der Waals surface area contributed by atoms with Gasteiger partial charge in [-0.25, -0.2) is 5.43 Å². The third-order valence-corrected chi connectivity index (χ3v) is 2.55. The van der Waals surface area contributed by atoms with E-state index in [-0.39, 0.29) is 17.0 Å². The summed E-state index contributed by atoms with van der Waals surface area (Å²) in [6, 6.07) is 6.54. The Hall–Kier alpha value is -3.16. The van der Waals surface area contributed by atoms with Crippen molar-refractivity contribution in [3.63, 3.8) is 0 Å². The zero-order valence-electron chi connectivity index (χ0n) is 10.9. The second-order valence-electron chi connectivity index (χ2n) is 4.11. The summed E-state index contributed by atoms with van der Waals surface area (Å²) in [5, 5.41) is 23.8. The van der Waals surface area contributed by atoms with Crippen molar-refractivity contribution >= 4 is 17.8 Å². The van der Waals surface area contributed by atoms with Crippen LogP contribution < -0.4 is 5.43 Å². The Morgan fingerprint density at radius 1 is 1.43 bits per heavy atom. The Kier molecular flexibility index (Phi) is 3.98. The first-order valence-corrected chi connectivity index (χ1v) is 5.84. The molecule has 0 saturated heterocycles. The second-order valence-corrected chi connectivity index (χ2v) is 4.11. The molecule has 0 aliphatic rings. The topological polar surface area (TPSA) is 118 Å². The number of carbonyl (C=O) groups excluding carboxylic acids is 1. The average molecular weight is 289 g/mol. The van der Waals surface area contributed by atoms with E-state index in [0.29, 0.717) is 11.5 Å². The maximum Gasteiger partial charge on any atom is 0.275 e. The number of rotatable bonds is 4. The molecular weight excluding hydrogens is 278 g/mol. The Labute approximate surface area is 118 Å². The molecule has 0 unspecified atom stereocenters. The van der Waals surface area contributed by atoms with Gasteiger partial charge in [-0.05, 0) is 25.1 Å². The lowest BCUT2D eigenvalue weighted by Gasteiger charge is -2.02. The molecule has 0 atom stereocenters. The number of nitrogens with one attached hydrogen (secondary N) is 1. The molecule has 0 spiro atoms. The SMILES string of the molecule is Cc1ccc(C=NNC(=O)c2cc([N+](=O)[O-])ccc2O)o1. The molecule has 0 aliphatic heterocycles. The normalized spacial score (nSPS) is 10.7. The number of non-ortho nitro benzene ring substituents is 1. The summed E-state index contributed by atoms with van der Waals surface area (Å²) in [4.78, 5) is 21.8. The number of nitrogens with zero attached hydrogens (tertiary/aromatic N) is 2. The molecular formula is C13H11N3O5. The van der Waals surface area contributed by atoms with Crippen LogP contribution in [0.5, 0.6) is 5.75 Å². The van der Waals surface area contributed by atoms with Crippen LogP contribution in [0, 0.1) is 17.0 Å². The Morgan fingerprint density at radius 2 is 2.19 bits per heavy atom. The molecule has 2 N–H and O–H groups in total. The van der Waals surface area contributed by atoms with Crippen LogP contribution in [0.1, 0.15) is 21.9 Å². The van der Waals surface area contributed by atoms with E-state index in [9.17, 15) is 20.0 Å². The van der Waals surface area contributed by atoms with Crippen molar-refractivity contribution in [3.05, 3.63) is 57.5 Å². The Morgan fingerprint density at radius 3 is 2.81 bits per heavy atom. The van der Waals surface area contributed by atoms with Crippen LogP contribution in [0.15, 0.2) is 39.9 Å². The van der Waals surface area contributed by atoms with Gasteiger partial charge in [-0.1, -0.05) is 0 Å². The maximum absolute atomic E-state index is 11.8. The molecule has 1 aromatic carbocycles. The lowest BCUT2D eigenvalue weighted by Crippen LogP contribution is -2.17. The van der Waals surface area contributed by atoms with E-state index < -0.39 is 10.8 Å². The van der Waals surface area contributed by atoms with Crippen LogP contribution in [0.4, 0.5) is 5.69 Å². The van der Waals surface area contributed by atoms with Crippen molar-refractivity contribution in [2.45, 2.75) is 6.92 Å². The van der Waals surface area contributed by atoms with Gasteiger partial charge in [0.25, 0.3) is 11.6 Å². The van der Waals surface area contributed by atoms with E-state index in [4.69, 9.17) is 4.42 Å². The number of hydrazone groups is 1. The summed E-state index contributed by atoms with van der Waals surface area (Å²) < 4.78 is 5.21. The van der Waals surface area contributed by atoms with Crippen molar-refractivity contribution in [1.82, 2.24) is 5.43 Å². The summed E-state index contributed by atoms with van der Waals surface area (Å²) in [5.41, 5.74) is 1.61. The molecule has 1 aromatic heterocycles. The first kappa shape index (κ1) is 14.3. The minimum atomic E-state index is -0.768. The largest absolute Gasteiger partial charge is 0.507 e. The number of amides is 1. The summed E-state index contributed by atoms with van der Waals surface area (Å²) in [5.74, 6) is -0.00644. The summed E-state index contributed by atoms with van der Waals surface area (Å²) in [7, 11) is 0. The number of hydrogen-bond acceptors (Lipinski definition) is 6. The van der Waals surface area contributed by atoms with Crippen LogP contribution in [0.3, 0.4) is 0 Å². The lowest BCUT2D eigenvalue weighted by molar-refractivity contribution is -0.384. The maximum atomic E-state index is 11.8. The number of aryl methyl sites for hydroxylation is 1. The van der Waals surface area contributed by atoms with Gasteiger partial charge >= 0.3 is 0 Å². The molecule has 8 nitrogen and oxygen atoms in total. The minimum absolute atomic E-state index is 0.239. The van der Waals surface area contributed by atoms with Crippen molar-refractivity contribution < 1.29 is 19.2 Å². The first-order chi connectivity index (χ1) is 9.97. The molecule has 2 aromatic rings. The Balaban J connectivity index is 2.11. The Bertz CT molecular complexity index is 720. The lowest BCUT2D eigenvalue weighted by atomic mass is 10.1. The van der Waals surface area contributed by atoms with E-state index in [1.54, 1.807) is 19.1 Å². The summed E-state index contributed by atoms with van der Waals surface area (Å²) in [6.45, 7) is 1.76. The fourth-order valence-electron chi connectivity index (χ4n) is 1.56. The molecule has 2 rings (SSSR count). The predicted octanol–water partition coefficient (Wildman–Crippen LogP) is 1.97. The molecule has 8 heteroatoms. The highest BCUT2D eigenvalue weighted by atomic mass is 16.6. The van der Waals surface area contributed by atoms with Gasteiger partial charge in [0.2, 0.25) is 0 Å². The highest BCUT2D eigenvalue weighted by molar-refractivity contribution is 5.97. The molecule has 1 heterocycles. The monoisotopic (exact) mass is 289 g/mol. The van der Waals surface area contributed by atoms with Crippen LogP contribution >= 0.6 is 0 Å². The molecule has 108 valence electrons. The van der Waals surface area contributed by atoms with Crippen LogP contribution in [-0.2, 0) is 0 Å². The number of carbonyl (C=O) groups is 1. The van der Waals surface area contributed by atoms with Crippen LogP contribution in [0.2, 0.25) is 0 Å². The number of aromatic hydroxyl groups is 1. The summed E-state index contributed by atoms with van der Waals surface area (Å²) >= 11 is 0. The van der Waals surface area contributed by atoms with Gasteiger partial charge in [-0.2, -0.15) is 5.10 Å². The number of phenolic OH excluding ortho intramolecular Hbond substituents is 1. The van der Waals surface area contributed by atoms with Gasteiger partial charge < -0.3 is 9.52 Å². The number of nitro benzene ring substituents is 1. The van der Waals surface area contributed by atoms with E-state index >= 15 is 0 Å². The van der Waals surface area contributed by atoms with Crippen LogP contribution in [0.25, 0.3) is 0 Å². The molecule has 0 bridgehead atoms. The third-order valence-electron chi connectivity index (χ3n) is 2.55. The van der Waals surface area contributed by atoms with Crippen molar-refractivity contribution in [1.29, 1.82) is 0 Å². The molecule has 0 aliphatic carbocycles. The van der Waals surface area contributed by atoms with Gasteiger partial charge in [0.1, 0.15) is 17.3 Å². The van der Waals surface area contributed by atoms with Gasteiger partial charge in [0.15, 0.2) is 0 Å². The zero-order valence-corrected chi connectivity index (χ0v) is 10.9. The third kappa shape index (κ3) is 3.44. The second kappa shape index (κ2) is 5.87. The van der Waals surface area contributed by atoms with Crippen LogP contribution in [-0.4, -0.2) is 22.2 Å². The molecule has 1 amide bonds. The van der Waals surface area contributed by atoms with Crippen molar-refractivity contribution in [2.75, 3.05) is 0 Å². The quantitative estimate of drug-likeness (QED) is 0.506. The smallest absolute Gasteiger partial charge is 0.275 e. The van der Waals surface area contributed by atoms with Crippen molar-refractivity contribution in [3.8, 4) is 5.75 Å². The summed E-state index contributed by atoms with van der Waals surface area (Å²) in [6.07, 6.45) is 1.28. The molecule has 0 saturated carbocycles. The van der Waals surface area contributed by atoms with Gasteiger partial charge in [-0.15, -0.1) is 0 Å². The first-order valence-electron chi connectivity index (χ1n) is 5.84. The van der Waals surface area contributed by atoms with E-state index in [2.05, 4.69) is 10.5 Å². The fourth-order valence-corrected chi connectivity index (χ4v) is 1.56. The van der Waals surface area contributed by atoms with Gasteiger partial charge in [0, 0.05) is 12.1 Å². The highest BCUT2D eigenvalue weighted by Crippen LogP contribution is 2.22. The average Bonchev–Trinajstić information content (AvgIpc) is 2.84.